The highest BCUT2D eigenvalue weighted by Crippen LogP contribution is 2.32. The number of carbonyl (C=O) groups excluding carboxylic acids is 2. The van der Waals surface area contributed by atoms with Gasteiger partial charge in [0, 0.05) is 40.1 Å². The molecule has 0 spiro atoms. The minimum absolute atomic E-state index is 0.0437. The summed E-state index contributed by atoms with van der Waals surface area (Å²) in [5.74, 6) is 0.503. The molecular weight excluding hydrogens is 466 g/mol. The van der Waals surface area contributed by atoms with E-state index in [0.29, 0.717) is 17.9 Å². The first-order chi connectivity index (χ1) is 17.5. The summed E-state index contributed by atoms with van der Waals surface area (Å²) < 4.78 is 6.08. The average Bonchev–Trinajstić information content (AvgIpc) is 3.17. The Labute approximate surface area is 217 Å². The highest BCUT2D eigenvalue weighted by molar-refractivity contribution is 6.07. The van der Waals surface area contributed by atoms with Crippen LogP contribution in [0.5, 0.6) is 0 Å². The molecule has 1 fully saturated rings. The summed E-state index contributed by atoms with van der Waals surface area (Å²) in [7, 11) is 0. The Morgan fingerprint density at radius 1 is 1.03 bits per heavy atom. The summed E-state index contributed by atoms with van der Waals surface area (Å²) in [5, 5.41) is 12.3. The van der Waals surface area contributed by atoms with Gasteiger partial charge < -0.3 is 15.1 Å². The van der Waals surface area contributed by atoms with E-state index in [1.165, 1.54) is 0 Å². The first-order valence-electron chi connectivity index (χ1n) is 13.0. The first kappa shape index (κ1) is 25.1. The van der Waals surface area contributed by atoms with Crippen molar-refractivity contribution in [1.29, 1.82) is 0 Å². The normalized spacial score (nSPS) is 20.0. The number of nitrogens with zero attached hydrogens (tertiary/aromatic N) is 2. The van der Waals surface area contributed by atoms with Gasteiger partial charge in [-0.15, -0.1) is 0 Å². The number of rotatable bonds is 4. The van der Waals surface area contributed by atoms with Crippen molar-refractivity contribution in [3.8, 4) is 0 Å². The summed E-state index contributed by atoms with van der Waals surface area (Å²) in [5.41, 5.74) is 5.88. The fraction of sp³-hybridized carbons (Fsp3) is 0.448. The molecule has 1 aromatic carbocycles. The standard InChI is InChI=1S/C29H35N5O3/c1-17-24-21(32-33-26(35)22-14-13-18-9-6-7-10-20(18)31-22)11-8-12-23(24)37-25(17)27(36)30-19-15-28(2,3)34-29(4,5)16-19/h6-7,9-10,13-14,19,34H,8,11-12,15-16H2,1-5H3,(H,30,36)(H,33,35)/b32-21+. The van der Waals surface area contributed by atoms with E-state index < -0.39 is 0 Å². The summed E-state index contributed by atoms with van der Waals surface area (Å²) in [4.78, 5) is 30.5. The van der Waals surface area contributed by atoms with Crippen molar-refractivity contribution in [2.24, 2.45) is 5.10 Å². The van der Waals surface area contributed by atoms with E-state index in [9.17, 15) is 9.59 Å². The third kappa shape index (κ3) is 5.30. The number of fused-ring (bicyclic) bond motifs is 2. The van der Waals surface area contributed by atoms with Gasteiger partial charge in [0.15, 0.2) is 5.76 Å². The van der Waals surface area contributed by atoms with Crippen molar-refractivity contribution < 1.29 is 14.0 Å². The van der Waals surface area contributed by atoms with E-state index in [2.05, 4.69) is 53.8 Å². The van der Waals surface area contributed by atoms with Gasteiger partial charge in [-0.05, 0) is 72.4 Å². The number of benzene rings is 1. The zero-order chi connectivity index (χ0) is 26.4. The van der Waals surface area contributed by atoms with Crippen LogP contribution < -0.4 is 16.1 Å². The fourth-order valence-electron chi connectivity index (χ4n) is 6.04. The second-order valence-electron chi connectivity index (χ2n) is 11.6. The number of hydrogen-bond acceptors (Lipinski definition) is 6. The molecule has 0 unspecified atom stereocenters. The Kier molecular flexibility index (Phi) is 6.40. The number of para-hydroxylation sites is 1. The predicted molar refractivity (Wildman–Crippen MR) is 144 cm³/mol. The lowest BCUT2D eigenvalue weighted by Gasteiger charge is -2.46. The number of furan rings is 1. The fourth-order valence-corrected chi connectivity index (χ4v) is 6.04. The van der Waals surface area contributed by atoms with Crippen LogP contribution in [-0.4, -0.2) is 39.6 Å². The molecule has 194 valence electrons. The van der Waals surface area contributed by atoms with Crippen LogP contribution in [0.2, 0.25) is 0 Å². The predicted octanol–water partition coefficient (Wildman–Crippen LogP) is 4.65. The molecular formula is C29H35N5O3. The molecule has 1 saturated heterocycles. The Morgan fingerprint density at radius 2 is 1.76 bits per heavy atom. The molecule has 8 nitrogen and oxygen atoms in total. The number of pyridine rings is 1. The molecule has 3 N–H and O–H groups in total. The number of aryl methyl sites for hydroxylation is 1. The second-order valence-corrected chi connectivity index (χ2v) is 11.6. The maximum atomic E-state index is 13.3. The molecule has 3 aromatic rings. The number of aromatic nitrogens is 1. The number of hydrazone groups is 1. The summed E-state index contributed by atoms with van der Waals surface area (Å²) in [6.07, 6.45) is 3.93. The van der Waals surface area contributed by atoms with Gasteiger partial charge in [-0.2, -0.15) is 5.10 Å². The van der Waals surface area contributed by atoms with Crippen LogP contribution in [0.4, 0.5) is 0 Å². The zero-order valence-electron chi connectivity index (χ0n) is 22.2. The second kappa shape index (κ2) is 9.41. The van der Waals surface area contributed by atoms with E-state index in [4.69, 9.17) is 4.42 Å². The number of nitrogens with one attached hydrogen (secondary N) is 3. The Bertz CT molecular complexity index is 1390. The van der Waals surface area contributed by atoms with Gasteiger partial charge in [0.2, 0.25) is 0 Å². The Morgan fingerprint density at radius 3 is 2.51 bits per heavy atom. The molecule has 2 aliphatic rings. The lowest BCUT2D eigenvalue weighted by molar-refractivity contribution is 0.0842. The topological polar surface area (TPSA) is 109 Å². The lowest BCUT2D eigenvalue weighted by atomic mass is 9.79. The van der Waals surface area contributed by atoms with E-state index in [-0.39, 0.29) is 28.9 Å². The van der Waals surface area contributed by atoms with Gasteiger partial charge in [0.1, 0.15) is 11.5 Å². The highest BCUT2D eigenvalue weighted by atomic mass is 16.4. The molecule has 1 aliphatic heterocycles. The van der Waals surface area contributed by atoms with Gasteiger partial charge in [-0.1, -0.05) is 24.3 Å². The molecule has 0 atom stereocenters. The molecule has 37 heavy (non-hydrogen) atoms. The highest BCUT2D eigenvalue weighted by Gasteiger charge is 2.39. The third-order valence-electron chi connectivity index (χ3n) is 7.18. The van der Waals surface area contributed by atoms with Gasteiger partial charge >= 0.3 is 0 Å². The number of carbonyl (C=O) groups is 2. The van der Waals surface area contributed by atoms with Crippen molar-refractivity contribution >= 4 is 28.4 Å². The maximum Gasteiger partial charge on any atom is 0.289 e. The van der Waals surface area contributed by atoms with Gasteiger partial charge in [0.25, 0.3) is 11.8 Å². The maximum absolute atomic E-state index is 13.3. The van der Waals surface area contributed by atoms with Gasteiger partial charge in [-0.3, -0.25) is 9.59 Å². The Hall–Kier alpha value is -3.52. The van der Waals surface area contributed by atoms with Crippen LogP contribution in [0, 0.1) is 6.92 Å². The van der Waals surface area contributed by atoms with Crippen LogP contribution >= 0.6 is 0 Å². The van der Waals surface area contributed by atoms with Gasteiger partial charge in [-0.25, -0.2) is 10.4 Å². The minimum atomic E-state index is -0.374. The summed E-state index contributed by atoms with van der Waals surface area (Å²) in [6.45, 7) is 10.5. The number of hydrogen-bond donors (Lipinski definition) is 3. The molecule has 3 heterocycles. The summed E-state index contributed by atoms with van der Waals surface area (Å²) >= 11 is 0. The van der Waals surface area contributed by atoms with Crippen LogP contribution in [0.15, 0.2) is 45.9 Å². The monoisotopic (exact) mass is 501 g/mol. The molecule has 0 radical (unpaired) electrons. The van der Waals surface area contributed by atoms with E-state index in [1.54, 1.807) is 6.07 Å². The van der Waals surface area contributed by atoms with Crippen LogP contribution in [0.1, 0.15) is 91.3 Å². The average molecular weight is 502 g/mol. The molecule has 2 amide bonds. The van der Waals surface area contributed by atoms with Crippen LogP contribution in [0.3, 0.4) is 0 Å². The Balaban J connectivity index is 1.34. The molecule has 5 rings (SSSR count). The zero-order valence-corrected chi connectivity index (χ0v) is 22.2. The van der Waals surface area contributed by atoms with E-state index in [0.717, 1.165) is 59.2 Å². The summed E-state index contributed by atoms with van der Waals surface area (Å²) in [6, 6.07) is 11.3. The molecule has 0 bridgehead atoms. The van der Waals surface area contributed by atoms with Crippen LogP contribution in [-0.2, 0) is 6.42 Å². The van der Waals surface area contributed by atoms with Gasteiger partial charge in [0.05, 0.1) is 11.2 Å². The van der Waals surface area contributed by atoms with Crippen molar-refractivity contribution in [2.45, 2.75) is 83.8 Å². The van der Waals surface area contributed by atoms with Crippen LogP contribution in [0.25, 0.3) is 10.9 Å². The quantitative estimate of drug-likeness (QED) is 0.451. The van der Waals surface area contributed by atoms with Crippen molar-refractivity contribution in [3.63, 3.8) is 0 Å². The van der Waals surface area contributed by atoms with E-state index in [1.807, 2.05) is 37.3 Å². The largest absolute Gasteiger partial charge is 0.455 e. The molecule has 8 heteroatoms. The number of piperidine rings is 1. The third-order valence-corrected chi connectivity index (χ3v) is 7.18. The van der Waals surface area contributed by atoms with Crippen molar-refractivity contribution in [1.82, 2.24) is 21.0 Å². The van der Waals surface area contributed by atoms with Crippen molar-refractivity contribution in [2.75, 3.05) is 0 Å². The molecule has 2 aromatic heterocycles. The van der Waals surface area contributed by atoms with E-state index >= 15 is 0 Å². The smallest absolute Gasteiger partial charge is 0.289 e. The first-order valence-corrected chi connectivity index (χ1v) is 13.0. The molecule has 0 saturated carbocycles. The minimum Gasteiger partial charge on any atom is -0.455 e. The SMILES string of the molecule is Cc1c(C(=O)NC2CC(C)(C)NC(C)(C)C2)oc2c1/C(=N/NC(=O)c1ccc3ccccc3n1)CCC2. The molecule has 1 aliphatic carbocycles. The van der Waals surface area contributed by atoms with Crippen molar-refractivity contribution in [3.05, 3.63) is 64.7 Å². The number of amides is 2. The lowest BCUT2D eigenvalue weighted by Crippen LogP contribution is -2.62.